The summed E-state index contributed by atoms with van der Waals surface area (Å²) in [5.41, 5.74) is -0.0205. The van der Waals surface area contributed by atoms with Crippen molar-refractivity contribution in [2.45, 2.75) is 51.1 Å². The summed E-state index contributed by atoms with van der Waals surface area (Å²) >= 11 is 0. The highest BCUT2D eigenvalue weighted by Gasteiger charge is 2.18. The summed E-state index contributed by atoms with van der Waals surface area (Å²) in [6, 6.07) is 9.97. The SMILES string of the molecule is O=C(Cn1ccn(C2CCCCC2)c(=O)c1=O)NCCc1ccccc1. The molecule has 1 N–H and O–H groups in total. The summed E-state index contributed by atoms with van der Waals surface area (Å²) in [6.07, 6.45) is 9.16. The molecule has 1 aliphatic carbocycles. The molecule has 0 spiro atoms. The van der Waals surface area contributed by atoms with Gasteiger partial charge in [0.2, 0.25) is 5.91 Å². The maximum atomic E-state index is 12.4. The van der Waals surface area contributed by atoms with Crippen LogP contribution in [0, 0.1) is 0 Å². The predicted octanol–water partition coefficient (Wildman–Crippen LogP) is 1.87. The van der Waals surface area contributed by atoms with Crippen LogP contribution in [-0.2, 0) is 17.8 Å². The number of benzene rings is 1. The molecule has 1 heterocycles. The van der Waals surface area contributed by atoms with E-state index in [2.05, 4.69) is 5.32 Å². The fourth-order valence-electron chi connectivity index (χ4n) is 3.49. The third kappa shape index (κ3) is 4.50. The van der Waals surface area contributed by atoms with Crippen LogP contribution in [0.1, 0.15) is 43.7 Å². The van der Waals surface area contributed by atoms with Gasteiger partial charge in [-0.1, -0.05) is 49.6 Å². The molecule has 6 heteroatoms. The molecule has 1 aliphatic rings. The molecule has 1 fully saturated rings. The standard InChI is InChI=1S/C20H25N3O3/c24-18(21-12-11-16-7-3-1-4-8-16)15-22-13-14-23(20(26)19(22)25)17-9-5-2-6-10-17/h1,3-4,7-8,13-14,17H,2,5-6,9-12,15H2,(H,21,24). The monoisotopic (exact) mass is 355 g/mol. The molecule has 1 amide bonds. The van der Waals surface area contributed by atoms with Gasteiger partial charge in [0, 0.05) is 25.0 Å². The van der Waals surface area contributed by atoms with Gasteiger partial charge in [-0.15, -0.1) is 0 Å². The van der Waals surface area contributed by atoms with Gasteiger partial charge in [-0.05, 0) is 24.8 Å². The number of nitrogens with one attached hydrogen (secondary N) is 1. The molecular weight excluding hydrogens is 330 g/mol. The number of carbonyl (C=O) groups excluding carboxylic acids is 1. The zero-order valence-corrected chi connectivity index (χ0v) is 14.9. The number of rotatable bonds is 6. The molecule has 6 nitrogen and oxygen atoms in total. The largest absolute Gasteiger partial charge is 0.354 e. The Balaban J connectivity index is 1.59. The van der Waals surface area contributed by atoms with E-state index in [1.54, 1.807) is 17.0 Å². The molecule has 0 atom stereocenters. The van der Waals surface area contributed by atoms with E-state index in [9.17, 15) is 14.4 Å². The number of carbonyl (C=O) groups is 1. The molecular formula is C20H25N3O3. The molecule has 3 rings (SSSR count). The van der Waals surface area contributed by atoms with Crippen molar-refractivity contribution in [1.29, 1.82) is 0 Å². The summed E-state index contributed by atoms with van der Waals surface area (Å²) in [5, 5.41) is 2.80. The van der Waals surface area contributed by atoms with Crippen molar-refractivity contribution in [2.24, 2.45) is 0 Å². The van der Waals surface area contributed by atoms with Crippen LogP contribution in [-0.4, -0.2) is 21.6 Å². The van der Waals surface area contributed by atoms with Gasteiger partial charge in [0.25, 0.3) is 0 Å². The first kappa shape index (κ1) is 18.2. The maximum Gasteiger partial charge on any atom is 0.316 e. The van der Waals surface area contributed by atoms with Crippen molar-refractivity contribution < 1.29 is 4.79 Å². The molecule has 1 aromatic carbocycles. The molecule has 138 valence electrons. The third-order valence-corrected chi connectivity index (χ3v) is 4.95. The Hall–Kier alpha value is -2.63. The Morgan fingerprint density at radius 3 is 2.46 bits per heavy atom. The number of hydrogen-bond acceptors (Lipinski definition) is 3. The normalized spacial score (nSPS) is 14.9. The van der Waals surface area contributed by atoms with Crippen molar-refractivity contribution in [2.75, 3.05) is 6.54 Å². The van der Waals surface area contributed by atoms with E-state index < -0.39 is 11.1 Å². The molecule has 0 aliphatic heterocycles. The van der Waals surface area contributed by atoms with Gasteiger partial charge >= 0.3 is 11.1 Å². The zero-order chi connectivity index (χ0) is 18.4. The molecule has 0 bridgehead atoms. The van der Waals surface area contributed by atoms with E-state index in [4.69, 9.17) is 0 Å². The molecule has 2 aromatic rings. The first-order valence-electron chi connectivity index (χ1n) is 9.27. The van der Waals surface area contributed by atoms with Gasteiger partial charge in [0.05, 0.1) is 0 Å². The van der Waals surface area contributed by atoms with E-state index in [0.717, 1.165) is 37.7 Å². The summed E-state index contributed by atoms with van der Waals surface area (Å²) in [6.45, 7) is 0.366. The highest BCUT2D eigenvalue weighted by Crippen LogP contribution is 2.26. The fourth-order valence-corrected chi connectivity index (χ4v) is 3.49. The van der Waals surface area contributed by atoms with Crippen molar-refractivity contribution in [3.63, 3.8) is 0 Å². The third-order valence-electron chi connectivity index (χ3n) is 4.95. The van der Waals surface area contributed by atoms with Gasteiger partial charge in [-0.25, -0.2) is 0 Å². The van der Waals surface area contributed by atoms with E-state index in [-0.39, 0.29) is 18.5 Å². The van der Waals surface area contributed by atoms with Gasteiger partial charge in [0.1, 0.15) is 6.54 Å². The van der Waals surface area contributed by atoms with Gasteiger partial charge in [0.15, 0.2) is 0 Å². The second kappa shape index (κ2) is 8.65. The van der Waals surface area contributed by atoms with Gasteiger partial charge in [-0.3, -0.25) is 19.0 Å². The zero-order valence-electron chi connectivity index (χ0n) is 14.9. The van der Waals surface area contributed by atoms with Crippen molar-refractivity contribution in [1.82, 2.24) is 14.5 Å². The highest BCUT2D eigenvalue weighted by molar-refractivity contribution is 5.75. The minimum Gasteiger partial charge on any atom is -0.354 e. The topological polar surface area (TPSA) is 73.1 Å². The van der Waals surface area contributed by atoms with Crippen LogP contribution in [0.25, 0.3) is 0 Å². The van der Waals surface area contributed by atoms with E-state index in [1.807, 2.05) is 30.3 Å². The smallest absolute Gasteiger partial charge is 0.316 e. The summed E-state index contributed by atoms with van der Waals surface area (Å²) in [7, 11) is 0. The van der Waals surface area contributed by atoms with Crippen LogP contribution in [0.4, 0.5) is 0 Å². The molecule has 0 saturated heterocycles. The van der Waals surface area contributed by atoms with Crippen LogP contribution in [0.5, 0.6) is 0 Å². The molecule has 1 saturated carbocycles. The minimum atomic E-state index is -0.628. The Morgan fingerprint density at radius 2 is 1.73 bits per heavy atom. The number of amides is 1. The lowest BCUT2D eigenvalue weighted by atomic mass is 9.95. The van der Waals surface area contributed by atoms with Crippen LogP contribution < -0.4 is 16.4 Å². The summed E-state index contributed by atoms with van der Waals surface area (Å²) < 4.78 is 2.74. The number of hydrogen-bond donors (Lipinski definition) is 1. The van der Waals surface area contributed by atoms with Crippen molar-refractivity contribution in [3.05, 3.63) is 69.0 Å². The Morgan fingerprint density at radius 1 is 1.00 bits per heavy atom. The minimum absolute atomic E-state index is 0.110. The predicted molar refractivity (Wildman–Crippen MR) is 100 cm³/mol. The first-order chi connectivity index (χ1) is 12.6. The summed E-state index contributed by atoms with van der Waals surface area (Å²) in [5.74, 6) is -0.266. The van der Waals surface area contributed by atoms with Crippen LogP contribution in [0.2, 0.25) is 0 Å². The maximum absolute atomic E-state index is 12.4. The average molecular weight is 355 g/mol. The Kier molecular flexibility index (Phi) is 6.04. The fraction of sp³-hybridized carbons (Fsp3) is 0.450. The summed E-state index contributed by atoms with van der Waals surface area (Å²) in [4.78, 5) is 36.8. The molecule has 0 unspecified atom stereocenters. The second-order valence-electron chi connectivity index (χ2n) is 6.82. The molecule has 26 heavy (non-hydrogen) atoms. The van der Waals surface area contributed by atoms with E-state index >= 15 is 0 Å². The van der Waals surface area contributed by atoms with Crippen LogP contribution >= 0.6 is 0 Å². The van der Waals surface area contributed by atoms with Crippen molar-refractivity contribution >= 4 is 5.91 Å². The second-order valence-corrected chi connectivity index (χ2v) is 6.82. The van der Waals surface area contributed by atoms with Crippen LogP contribution in [0.3, 0.4) is 0 Å². The molecule has 1 aromatic heterocycles. The van der Waals surface area contributed by atoms with Gasteiger partial charge < -0.3 is 9.88 Å². The quantitative estimate of drug-likeness (QED) is 0.804. The Bertz CT molecular complexity index is 849. The lowest BCUT2D eigenvalue weighted by Crippen LogP contribution is -2.44. The number of aromatic nitrogens is 2. The van der Waals surface area contributed by atoms with Gasteiger partial charge in [-0.2, -0.15) is 0 Å². The van der Waals surface area contributed by atoms with Crippen LogP contribution in [0.15, 0.2) is 52.3 Å². The lowest BCUT2D eigenvalue weighted by Gasteiger charge is -2.23. The number of nitrogens with zero attached hydrogens (tertiary/aromatic N) is 2. The van der Waals surface area contributed by atoms with E-state index in [1.165, 1.54) is 11.0 Å². The van der Waals surface area contributed by atoms with Crippen molar-refractivity contribution in [3.8, 4) is 0 Å². The Labute approximate surface area is 152 Å². The average Bonchev–Trinajstić information content (AvgIpc) is 2.67. The molecule has 0 radical (unpaired) electrons. The first-order valence-corrected chi connectivity index (χ1v) is 9.27. The lowest BCUT2D eigenvalue weighted by molar-refractivity contribution is -0.121. The van der Waals surface area contributed by atoms with E-state index in [0.29, 0.717) is 6.54 Å². The highest BCUT2D eigenvalue weighted by atomic mass is 16.2.